The van der Waals surface area contributed by atoms with Gasteiger partial charge in [0.05, 0.1) is 36.2 Å². The van der Waals surface area contributed by atoms with Crippen LogP contribution in [0.5, 0.6) is 0 Å². The Bertz CT molecular complexity index is 1380. The first kappa shape index (κ1) is 22.0. The predicted molar refractivity (Wildman–Crippen MR) is 116 cm³/mol. The lowest BCUT2D eigenvalue weighted by molar-refractivity contribution is -0.0214. The average molecular weight is 469 g/mol. The van der Waals surface area contributed by atoms with Crippen molar-refractivity contribution in [3.63, 3.8) is 0 Å². The maximum atomic E-state index is 15.3. The van der Waals surface area contributed by atoms with Crippen molar-refractivity contribution in [3.05, 3.63) is 59.2 Å². The van der Waals surface area contributed by atoms with Crippen LogP contribution in [0.2, 0.25) is 0 Å². The van der Waals surface area contributed by atoms with Gasteiger partial charge in [-0.25, -0.2) is 18.6 Å². The first-order chi connectivity index (χ1) is 16.3. The summed E-state index contributed by atoms with van der Waals surface area (Å²) in [4.78, 5) is 17.2. The van der Waals surface area contributed by atoms with E-state index in [4.69, 9.17) is 9.15 Å². The van der Waals surface area contributed by atoms with Crippen LogP contribution in [0.3, 0.4) is 0 Å². The molecule has 1 atom stereocenters. The van der Waals surface area contributed by atoms with Gasteiger partial charge in [0.2, 0.25) is 11.8 Å². The third-order valence-corrected chi connectivity index (χ3v) is 5.76. The SMILES string of the molecule is Cc1ccn2c(C[C@H]3CN(C(=O)O)CCO3)c(-c3c(F)cc(-c4nnc(C)o4)cc3F)nc2c1. The Kier molecular flexibility index (Phi) is 5.48. The Balaban J connectivity index is 1.60. The molecule has 1 aromatic carbocycles. The Morgan fingerprint density at radius 3 is 2.65 bits per heavy atom. The minimum Gasteiger partial charge on any atom is -0.465 e. The number of nitrogens with zero attached hydrogens (tertiary/aromatic N) is 5. The number of imidazole rings is 1. The van der Waals surface area contributed by atoms with Crippen molar-refractivity contribution in [1.29, 1.82) is 0 Å². The number of halogens is 2. The van der Waals surface area contributed by atoms with Crippen LogP contribution in [0.25, 0.3) is 28.4 Å². The summed E-state index contributed by atoms with van der Waals surface area (Å²) in [7, 11) is 0. The summed E-state index contributed by atoms with van der Waals surface area (Å²) in [6.07, 6.45) is 0.467. The quantitative estimate of drug-likeness (QED) is 0.484. The van der Waals surface area contributed by atoms with E-state index in [1.54, 1.807) is 17.5 Å². The van der Waals surface area contributed by atoms with Gasteiger partial charge in [0.1, 0.15) is 17.3 Å². The molecule has 0 radical (unpaired) electrons. The van der Waals surface area contributed by atoms with E-state index in [1.165, 1.54) is 4.90 Å². The maximum Gasteiger partial charge on any atom is 0.407 e. The number of fused-ring (bicyclic) bond motifs is 1. The minimum absolute atomic E-state index is 0.0112. The van der Waals surface area contributed by atoms with Crippen molar-refractivity contribution in [2.75, 3.05) is 19.7 Å². The average Bonchev–Trinajstić information content (AvgIpc) is 3.37. The third-order valence-electron chi connectivity index (χ3n) is 5.76. The second-order valence-electron chi connectivity index (χ2n) is 8.21. The van der Waals surface area contributed by atoms with Crippen LogP contribution in [-0.4, -0.2) is 61.5 Å². The Morgan fingerprint density at radius 1 is 1.21 bits per heavy atom. The minimum atomic E-state index is -1.04. The van der Waals surface area contributed by atoms with Gasteiger partial charge >= 0.3 is 6.09 Å². The molecule has 176 valence electrons. The number of hydrogen-bond donors (Lipinski definition) is 1. The molecule has 0 saturated carbocycles. The summed E-state index contributed by atoms with van der Waals surface area (Å²) in [6.45, 7) is 4.13. The van der Waals surface area contributed by atoms with Crippen molar-refractivity contribution in [2.45, 2.75) is 26.4 Å². The zero-order valence-corrected chi connectivity index (χ0v) is 18.5. The number of aromatic nitrogens is 4. The van der Waals surface area contributed by atoms with Crippen molar-refractivity contribution < 1.29 is 27.8 Å². The fraction of sp³-hybridized carbons (Fsp3) is 0.304. The van der Waals surface area contributed by atoms with Crippen LogP contribution < -0.4 is 0 Å². The summed E-state index contributed by atoms with van der Waals surface area (Å²) in [5.74, 6) is -1.37. The summed E-state index contributed by atoms with van der Waals surface area (Å²) < 4.78 is 43.5. The monoisotopic (exact) mass is 469 g/mol. The summed E-state index contributed by atoms with van der Waals surface area (Å²) in [5.41, 5.74) is 1.93. The smallest absolute Gasteiger partial charge is 0.407 e. The predicted octanol–water partition coefficient (Wildman–Crippen LogP) is 3.87. The number of carboxylic acid groups (broad SMARTS) is 1. The molecule has 1 fully saturated rings. The van der Waals surface area contributed by atoms with Gasteiger partial charge in [-0.2, -0.15) is 0 Å². The molecule has 4 heterocycles. The first-order valence-electron chi connectivity index (χ1n) is 10.7. The number of rotatable bonds is 4. The normalized spacial score (nSPS) is 16.4. The molecule has 1 amide bonds. The highest BCUT2D eigenvalue weighted by Crippen LogP contribution is 2.34. The van der Waals surface area contributed by atoms with Gasteiger partial charge in [-0.1, -0.05) is 0 Å². The first-order valence-corrected chi connectivity index (χ1v) is 10.7. The van der Waals surface area contributed by atoms with Gasteiger partial charge < -0.3 is 23.6 Å². The standard InChI is InChI=1S/C23H21F2N5O4/c1-12-3-4-30-18(10-15-11-29(23(31)32)5-6-33-15)21(26-19(30)7-12)20-16(24)8-14(9-17(20)25)22-28-27-13(2)34-22/h3-4,7-9,15H,5-6,10-11H2,1-2H3,(H,31,32)/t15-/m0/s1. The molecule has 1 aliphatic heterocycles. The van der Waals surface area contributed by atoms with E-state index in [1.807, 2.05) is 19.1 Å². The van der Waals surface area contributed by atoms with Crippen LogP contribution >= 0.6 is 0 Å². The van der Waals surface area contributed by atoms with E-state index in [9.17, 15) is 9.90 Å². The number of pyridine rings is 1. The number of amides is 1. The number of aryl methyl sites for hydroxylation is 2. The zero-order chi connectivity index (χ0) is 24.0. The summed E-state index contributed by atoms with van der Waals surface area (Å²) in [5, 5.41) is 16.9. The van der Waals surface area contributed by atoms with Crippen molar-refractivity contribution in [3.8, 4) is 22.7 Å². The number of morpholine rings is 1. The van der Waals surface area contributed by atoms with Crippen molar-refractivity contribution in [1.82, 2.24) is 24.5 Å². The molecular weight excluding hydrogens is 448 g/mol. The lowest BCUT2D eigenvalue weighted by atomic mass is 10.0. The van der Waals surface area contributed by atoms with Crippen molar-refractivity contribution in [2.24, 2.45) is 0 Å². The Labute approximate surface area is 192 Å². The van der Waals surface area contributed by atoms with Crippen LogP contribution in [0.4, 0.5) is 13.6 Å². The van der Waals surface area contributed by atoms with E-state index in [0.717, 1.165) is 17.7 Å². The largest absolute Gasteiger partial charge is 0.465 e. The number of benzene rings is 1. The molecule has 11 heteroatoms. The molecule has 34 heavy (non-hydrogen) atoms. The van der Waals surface area contributed by atoms with E-state index >= 15 is 8.78 Å². The fourth-order valence-corrected chi connectivity index (χ4v) is 4.16. The molecule has 5 rings (SSSR count). The number of hydrogen-bond acceptors (Lipinski definition) is 6. The van der Waals surface area contributed by atoms with Gasteiger partial charge in [-0.15, -0.1) is 10.2 Å². The molecule has 0 aliphatic carbocycles. The summed E-state index contributed by atoms with van der Waals surface area (Å²) in [6, 6.07) is 5.94. The second kappa shape index (κ2) is 8.49. The molecule has 4 aromatic rings. The zero-order valence-electron chi connectivity index (χ0n) is 18.5. The Morgan fingerprint density at radius 2 is 1.97 bits per heavy atom. The third kappa shape index (κ3) is 3.98. The van der Waals surface area contributed by atoms with E-state index in [2.05, 4.69) is 15.2 Å². The molecule has 0 spiro atoms. The molecule has 1 saturated heterocycles. The molecule has 0 unspecified atom stereocenters. The second-order valence-corrected chi connectivity index (χ2v) is 8.21. The van der Waals surface area contributed by atoms with Gasteiger partial charge in [0.25, 0.3) is 0 Å². The fourth-order valence-electron chi connectivity index (χ4n) is 4.16. The van der Waals surface area contributed by atoms with Gasteiger partial charge in [0.15, 0.2) is 0 Å². The molecule has 1 N–H and O–H groups in total. The van der Waals surface area contributed by atoms with Gasteiger partial charge in [-0.05, 0) is 36.8 Å². The van der Waals surface area contributed by atoms with E-state index < -0.39 is 23.8 Å². The molecule has 0 bridgehead atoms. The Hall–Kier alpha value is -3.86. The van der Waals surface area contributed by atoms with E-state index in [-0.39, 0.29) is 54.7 Å². The topological polar surface area (TPSA) is 106 Å². The highest BCUT2D eigenvalue weighted by Gasteiger charge is 2.29. The molecule has 3 aromatic heterocycles. The highest BCUT2D eigenvalue weighted by molar-refractivity contribution is 5.71. The van der Waals surface area contributed by atoms with Crippen LogP contribution in [0.1, 0.15) is 17.1 Å². The number of ether oxygens (including phenoxy) is 1. The lowest BCUT2D eigenvalue weighted by Gasteiger charge is -2.31. The maximum absolute atomic E-state index is 15.3. The molecule has 1 aliphatic rings. The van der Waals surface area contributed by atoms with E-state index in [0.29, 0.717) is 11.3 Å². The highest BCUT2D eigenvalue weighted by atomic mass is 19.1. The van der Waals surface area contributed by atoms with Crippen LogP contribution in [-0.2, 0) is 11.2 Å². The lowest BCUT2D eigenvalue weighted by Crippen LogP contribution is -2.45. The van der Waals surface area contributed by atoms with Crippen molar-refractivity contribution >= 4 is 11.7 Å². The number of carbonyl (C=O) groups is 1. The molecular formula is C23H21F2N5O4. The van der Waals surface area contributed by atoms with Gasteiger partial charge in [0, 0.05) is 31.6 Å². The van der Waals surface area contributed by atoms with Crippen LogP contribution in [0.15, 0.2) is 34.9 Å². The van der Waals surface area contributed by atoms with Gasteiger partial charge in [-0.3, -0.25) is 0 Å². The van der Waals surface area contributed by atoms with Crippen LogP contribution in [0, 0.1) is 25.5 Å². The summed E-state index contributed by atoms with van der Waals surface area (Å²) >= 11 is 0. The molecule has 9 nitrogen and oxygen atoms in total.